The van der Waals surface area contributed by atoms with Crippen LogP contribution < -0.4 is 0 Å². The number of Topliss-reactive ketones (excluding diaryl/α,β-unsaturated/α-hetero) is 1. The van der Waals surface area contributed by atoms with Gasteiger partial charge in [0, 0.05) is 12.8 Å². The van der Waals surface area contributed by atoms with Crippen molar-refractivity contribution in [2.24, 2.45) is 0 Å². The summed E-state index contributed by atoms with van der Waals surface area (Å²) in [4.78, 5) is 12.1. The lowest BCUT2D eigenvalue weighted by Crippen LogP contribution is -1.94. The van der Waals surface area contributed by atoms with Gasteiger partial charge in [-0.15, -0.1) is 11.3 Å². The molecule has 0 bridgehead atoms. The van der Waals surface area contributed by atoms with E-state index in [0.29, 0.717) is 28.5 Å². The number of hydrogen-bond acceptors (Lipinski definition) is 3. The largest absolute Gasteiger partial charge is 0.293 e. The third-order valence-corrected chi connectivity index (χ3v) is 2.81. The molecule has 0 spiro atoms. The molecule has 0 aliphatic carbocycles. The number of nitriles is 1. The number of carbonyl (C=O) groups is 1. The molecule has 0 N–H and O–H groups in total. The van der Waals surface area contributed by atoms with Crippen LogP contribution in [0.4, 0.5) is 0 Å². The Morgan fingerprint density at radius 1 is 1.62 bits per heavy atom. The molecule has 0 saturated carbocycles. The van der Waals surface area contributed by atoms with E-state index in [1.165, 1.54) is 11.3 Å². The maximum absolute atomic E-state index is 11.4. The average Bonchev–Trinajstić information content (AvgIpc) is 2.52. The van der Waals surface area contributed by atoms with Gasteiger partial charge in [0.2, 0.25) is 0 Å². The van der Waals surface area contributed by atoms with Gasteiger partial charge in [-0.3, -0.25) is 4.79 Å². The zero-order chi connectivity index (χ0) is 9.68. The first kappa shape index (κ1) is 10.2. The molecule has 0 aliphatic heterocycles. The third-order valence-electron chi connectivity index (χ3n) is 1.54. The number of hydrogen-bond donors (Lipinski definition) is 0. The monoisotopic (exact) mass is 213 g/mol. The number of ketones is 1. The molecule has 0 aliphatic rings. The fraction of sp³-hybridized carbons (Fsp3) is 0.333. The summed E-state index contributed by atoms with van der Waals surface area (Å²) >= 11 is 6.97. The van der Waals surface area contributed by atoms with E-state index in [9.17, 15) is 4.79 Å². The van der Waals surface area contributed by atoms with Crippen molar-refractivity contribution in [3.8, 4) is 6.07 Å². The van der Waals surface area contributed by atoms with Crippen LogP contribution in [0, 0.1) is 11.3 Å². The Hall–Kier alpha value is -0.850. The first-order valence-electron chi connectivity index (χ1n) is 3.89. The van der Waals surface area contributed by atoms with Gasteiger partial charge >= 0.3 is 0 Å². The summed E-state index contributed by atoms with van der Waals surface area (Å²) in [6.07, 6.45) is 1.50. The molecule has 13 heavy (non-hydrogen) atoms. The van der Waals surface area contributed by atoms with Gasteiger partial charge in [-0.1, -0.05) is 11.6 Å². The zero-order valence-corrected chi connectivity index (χ0v) is 8.49. The first-order valence-corrected chi connectivity index (χ1v) is 5.09. The summed E-state index contributed by atoms with van der Waals surface area (Å²) in [5.74, 6) is 0.0761. The summed E-state index contributed by atoms with van der Waals surface area (Å²) in [6, 6.07) is 5.44. The summed E-state index contributed by atoms with van der Waals surface area (Å²) in [6.45, 7) is 0. The van der Waals surface area contributed by atoms with E-state index >= 15 is 0 Å². The van der Waals surface area contributed by atoms with Gasteiger partial charge in [0.05, 0.1) is 15.3 Å². The van der Waals surface area contributed by atoms with Crippen molar-refractivity contribution in [2.45, 2.75) is 19.3 Å². The Kier molecular flexibility index (Phi) is 3.94. The van der Waals surface area contributed by atoms with Crippen LogP contribution >= 0.6 is 22.9 Å². The van der Waals surface area contributed by atoms with E-state index in [2.05, 4.69) is 0 Å². The van der Waals surface area contributed by atoms with E-state index in [4.69, 9.17) is 16.9 Å². The summed E-state index contributed by atoms with van der Waals surface area (Å²) in [5, 5.41) is 8.27. The second kappa shape index (κ2) is 5.00. The lowest BCUT2D eigenvalue weighted by atomic mass is 10.1. The predicted molar refractivity (Wildman–Crippen MR) is 53.1 cm³/mol. The van der Waals surface area contributed by atoms with Crippen LogP contribution in [0.25, 0.3) is 0 Å². The van der Waals surface area contributed by atoms with Gasteiger partial charge in [0.25, 0.3) is 0 Å². The number of halogens is 1. The van der Waals surface area contributed by atoms with Crippen molar-refractivity contribution >= 4 is 28.7 Å². The fourth-order valence-corrected chi connectivity index (χ4v) is 1.93. The van der Waals surface area contributed by atoms with E-state index < -0.39 is 0 Å². The molecule has 0 amide bonds. The van der Waals surface area contributed by atoms with Crippen molar-refractivity contribution < 1.29 is 4.79 Å². The van der Waals surface area contributed by atoms with Crippen molar-refractivity contribution in [1.82, 2.24) is 0 Å². The van der Waals surface area contributed by atoms with Crippen molar-refractivity contribution in [3.05, 3.63) is 21.3 Å². The Bertz CT molecular complexity index is 340. The molecule has 0 radical (unpaired) electrons. The maximum atomic E-state index is 11.4. The van der Waals surface area contributed by atoms with Crippen molar-refractivity contribution in [2.75, 3.05) is 0 Å². The van der Waals surface area contributed by atoms with E-state index in [1.54, 1.807) is 12.1 Å². The lowest BCUT2D eigenvalue weighted by molar-refractivity contribution is 0.0984. The third kappa shape index (κ3) is 3.17. The number of thiophene rings is 1. The maximum Gasteiger partial charge on any atom is 0.172 e. The first-order chi connectivity index (χ1) is 6.24. The zero-order valence-electron chi connectivity index (χ0n) is 6.92. The summed E-state index contributed by atoms with van der Waals surface area (Å²) in [7, 11) is 0. The SMILES string of the molecule is N#CCCCC(=O)c1ccc(Cl)s1. The average molecular weight is 214 g/mol. The van der Waals surface area contributed by atoms with Gasteiger partial charge in [-0.2, -0.15) is 5.26 Å². The van der Waals surface area contributed by atoms with E-state index in [0.717, 1.165) is 0 Å². The molecule has 4 heteroatoms. The quantitative estimate of drug-likeness (QED) is 0.569. The van der Waals surface area contributed by atoms with Crippen LogP contribution in [0.5, 0.6) is 0 Å². The summed E-state index contributed by atoms with van der Waals surface area (Å²) in [5.41, 5.74) is 0. The predicted octanol–water partition coefficient (Wildman–Crippen LogP) is 3.28. The minimum absolute atomic E-state index is 0.0761. The Labute approximate surface area is 85.8 Å². The molecule has 2 nitrogen and oxygen atoms in total. The number of nitrogens with zero attached hydrogens (tertiary/aromatic N) is 1. The molecule has 1 heterocycles. The van der Waals surface area contributed by atoms with Crippen molar-refractivity contribution in [1.29, 1.82) is 5.26 Å². The molecular weight excluding hydrogens is 206 g/mol. The molecular formula is C9H8ClNOS. The van der Waals surface area contributed by atoms with E-state index in [1.807, 2.05) is 6.07 Å². The van der Waals surface area contributed by atoms with Gasteiger partial charge in [-0.05, 0) is 18.6 Å². The molecule has 1 rings (SSSR count). The van der Waals surface area contributed by atoms with Crippen LogP contribution in [0.1, 0.15) is 28.9 Å². The topological polar surface area (TPSA) is 40.9 Å². The van der Waals surface area contributed by atoms with Crippen LogP contribution in [0.3, 0.4) is 0 Å². The van der Waals surface area contributed by atoms with Gasteiger partial charge in [0.1, 0.15) is 0 Å². The number of unbranched alkanes of at least 4 members (excludes halogenated alkanes) is 1. The molecule has 0 fully saturated rings. The Morgan fingerprint density at radius 2 is 2.38 bits per heavy atom. The van der Waals surface area contributed by atoms with Crippen LogP contribution in [0.15, 0.2) is 12.1 Å². The Balaban J connectivity index is 2.45. The molecule has 0 unspecified atom stereocenters. The normalized spacial score (nSPS) is 9.54. The number of rotatable bonds is 4. The standard InChI is InChI=1S/C9H8ClNOS/c10-9-5-4-8(13-9)7(12)3-1-2-6-11/h4-5H,1-3H2. The second-order valence-electron chi connectivity index (χ2n) is 2.54. The van der Waals surface area contributed by atoms with Gasteiger partial charge in [0.15, 0.2) is 5.78 Å². The molecule has 0 atom stereocenters. The Morgan fingerprint density at radius 3 is 2.92 bits per heavy atom. The molecule has 68 valence electrons. The smallest absolute Gasteiger partial charge is 0.172 e. The minimum Gasteiger partial charge on any atom is -0.293 e. The molecule has 0 saturated heterocycles. The van der Waals surface area contributed by atoms with Crippen LogP contribution in [0.2, 0.25) is 4.34 Å². The van der Waals surface area contributed by atoms with Gasteiger partial charge in [-0.25, -0.2) is 0 Å². The highest BCUT2D eigenvalue weighted by Gasteiger charge is 2.07. The van der Waals surface area contributed by atoms with Crippen LogP contribution in [-0.4, -0.2) is 5.78 Å². The van der Waals surface area contributed by atoms with Crippen LogP contribution in [-0.2, 0) is 0 Å². The van der Waals surface area contributed by atoms with E-state index in [-0.39, 0.29) is 5.78 Å². The molecule has 0 aromatic carbocycles. The highest BCUT2D eigenvalue weighted by atomic mass is 35.5. The van der Waals surface area contributed by atoms with Gasteiger partial charge < -0.3 is 0 Å². The lowest BCUT2D eigenvalue weighted by Gasteiger charge is -1.92. The number of carbonyl (C=O) groups excluding carboxylic acids is 1. The minimum atomic E-state index is 0.0761. The highest BCUT2D eigenvalue weighted by Crippen LogP contribution is 2.22. The summed E-state index contributed by atoms with van der Waals surface area (Å²) < 4.78 is 0.628. The highest BCUT2D eigenvalue weighted by molar-refractivity contribution is 7.18. The second-order valence-corrected chi connectivity index (χ2v) is 4.25. The molecule has 1 aromatic heterocycles. The fourth-order valence-electron chi connectivity index (χ4n) is 0.915. The van der Waals surface area contributed by atoms with Crippen molar-refractivity contribution in [3.63, 3.8) is 0 Å². The molecule has 1 aromatic rings.